The fourth-order valence-corrected chi connectivity index (χ4v) is 3.29. The van der Waals surface area contributed by atoms with E-state index in [1.54, 1.807) is 0 Å². The fourth-order valence-electron chi connectivity index (χ4n) is 1.37. The lowest BCUT2D eigenvalue weighted by Gasteiger charge is -2.12. The molecule has 0 atom stereocenters. The van der Waals surface area contributed by atoms with Gasteiger partial charge < -0.3 is 15.3 Å². The highest BCUT2D eigenvalue weighted by Gasteiger charge is 2.32. The van der Waals surface area contributed by atoms with Gasteiger partial charge in [-0.05, 0) is 6.42 Å². The summed E-state index contributed by atoms with van der Waals surface area (Å²) in [7, 11) is 3.01. The van der Waals surface area contributed by atoms with Crippen molar-refractivity contribution in [3.63, 3.8) is 0 Å². The average molecular weight is 336 g/mol. The molecule has 0 unspecified atom stereocenters. The Kier molecular flexibility index (Phi) is 7.98. The number of carbonyl (C=O) groups excluding carboxylic acids is 4. The molecular formula is C11H16N2O6S2. The standard InChI is InChI=1S/C11H16N2O6S2/c12-11(17)18-5-7-21-20-6-1-2-10(16)19-13-8(14)3-4-9(13)15/h1-7H2,(H2,12,17). The normalized spacial score (nSPS) is 14.4. The van der Waals surface area contributed by atoms with E-state index in [2.05, 4.69) is 4.74 Å². The first-order valence-electron chi connectivity index (χ1n) is 6.24. The van der Waals surface area contributed by atoms with Crippen molar-refractivity contribution in [3.05, 3.63) is 0 Å². The van der Waals surface area contributed by atoms with Crippen molar-refractivity contribution in [2.24, 2.45) is 5.73 Å². The van der Waals surface area contributed by atoms with Crippen LogP contribution in [0.5, 0.6) is 0 Å². The molecule has 10 heteroatoms. The number of ether oxygens (including phenoxy) is 1. The van der Waals surface area contributed by atoms with Gasteiger partial charge in [-0.15, -0.1) is 5.06 Å². The van der Waals surface area contributed by atoms with Crippen molar-refractivity contribution < 1.29 is 28.8 Å². The second-order valence-electron chi connectivity index (χ2n) is 3.96. The molecule has 1 aliphatic rings. The number of hydrogen-bond acceptors (Lipinski definition) is 8. The summed E-state index contributed by atoms with van der Waals surface area (Å²) in [6.45, 7) is 0.244. The third kappa shape index (κ3) is 7.23. The van der Waals surface area contributed by atoms with E-state index in [4.69, 9.17) is 10.6 Å². The lowest BCUT2D eigenvalue weighted by Crippen LogP contribution is -2.31. The molecule has 21 heavy (non-hydrogen) atoms. The molecule has 1 aliphatic heterocycles. The predicted molar refractivity (Wildman–Crippen MR) is 76.9 cm³/mol. The van der Waals surface area contributed by atoms with Crippen LogP contribution in [0.15, 0.2) is 0 Å². The van der Waals surface area contributed by atoms with Crippen LogP contribution in [0, 0.1) is 0 Å². The maximum absolute atomic E-state index is 11.4. The minimum Gasteiger partial charge on any atom is -0.449 e. The van der Waals surface area contributed by atoms with Crippen LogP contribution in [-0.4, -0.2) is 47.1 Å². The summed E-state index contributed by atoms with van der Waals surface area (Å²) >= 11 is 0. The van der Waals surface area contributed by atoms with Gasteiger partial charge in [-0.25, -0.2) is 9.59 Å². The van der Waals surface area contributed by atoms with Gasteiger partial charge >= 0.3 is 12.1 Å². The number of primary amides is 1. The van der Waals surface area contributed by atoms with E-state index in [1.807, 2.05) is 0 Å². The third-order valence-electron chi connectivity index (χ3n) is 2.30. The molecule has 0 spiro atoms. The van der Waals surface area contributed by atoms with E-state index in [1.165, 1.54) is 21.6 Å². The fraction of sp³-hybridized carbons (Fsp3) is 0.636. The Labute approximate surface area is 129 Å². The summed E-state index contributed by atoms with van der Waals surface area (Å²) in [5, 5.41) is 0.547. The number of hydroxylamine groups is 2. The number of rotatable bonds is 9. The summed E-state index contributed by atoms with van der Waals surface area (Å²) < 4.78 is 4.54. The minimum atomic E-state index is -0.797. The van der Waals surface area contributed by atoms with Gasteiger partial charge in [-0.1, -0.05) is 21.6 Å². The van der Waals surface area contributed by atoms with Gasteiger partial charge in [0, 0.05) is 30.8 Å². The van der Waals surface area contributed by atoms with Gasteiger partial charge in [0.15, 0.2) is 0 Å². The predicted octanol–water partition coefficient (Wildman–Crippen LogP) is 0.850. The molecule has 0 bridgehead atoms. The Morgan fingerprint density at radius 2 is 1.76 bits per heavy atom. The van der Waals surface area contributed by atoms with E-state index in [9.17, 15) is 19.2 Å². The van der Waals surface area contributed by atoms with E-state index in [0.29, 0.717) is 23.0 Å². The Bertz CT molecular complexity index is 402. The Balaban J connectivity index is 2.00. The highest BCUT2D eigenvalue weighted by Crippen LogP contribution is 2.22. The first-order valence-corrected chi connectivity index (χ1v) is 8.72. The number of hydrogen-bond donors (Lipinski definition) is 1. The molecule has 2 N–H and O–H groups in total. The van der Waals surface area contributed by atoms with Crippen molar-refractivity contribution in [2.75, 3.05) is 18.1 Å². The van der Waals surface area contributed by atoms with Crippen LogP contribution in [0.3, 0.4) is 0 Å². The van der Waals surface area contributed by atoms with Gasteiger partial charge in [0.25, 0.3) is 11.8 Å². The molecule has 1 saturated heterocycles. The summed E-state index contributed by atoms with van der Waals surface area (Å²) in [5.74, 6) is -0.255. The van der Waals surface area contributed by atoms with E-state index in [0.717, 1.165) is 0 Å². The molecule has 1 rings (SSSR count). The Morgan fingerprint density at radius 1 is 1.14 bits per heavy atom. The molecular weight excluding hydrogens is 320 g/mol. The van der Waals surface area contributed by atoms with E-state index in [-0.39, 0.29) is 25.9 Å². The quantitative estimate of drug-likeness (QED) is 0.374. The maximum Gasteiger partial charge on any atom is 0.404 e. The van der Waals surface area contributed by atoms with Gasteiger partial charge in [-0.2, -0.15) is 0 Å². The smallest absolute Gasteiger partial charge is 0.404 e. The summed E-state index contributed by atoms with van der Waals surface area (Å²) in [6.07, 6.45) is 0.0679. The lowest BCUT2D eigenvalue weighted by molar-refractivity contribution is -0.197. The lowest BCUT2D eigenvalue weighted by atomic mass is 10.3. The molecule has 118 valence electrons. The number of imide groups is 1. The zero-order chi connectivity index (χ0) is 15.7. The molecule has 3 amide bonds. The van der Waals surface area contributed by atoms with Crippen LogP contribution in [0.4, 0.5) is 4.79 Å². The van der Waals surface area contributed by atoms with Crippen molar-refractivity contribution in [3.8, 4) is 0 Å². The minimum absolute atomic E-state index is 0.0893. The number of nitrogens with two attached hydrogens (primary N) is 1. The van der Waals surface area contributed by atoms with Crippen LogP contribution in [0.1, 0.15) is 25.7 Å². The highest BCUT2D eigenvalue weighted by atomic mass is 33.1. The van der Waals surface area contributed by atoms with Gasteiger partial charge in [0.1, 0.15) is 6.61 Å². The number of nitrogens with zero attached hydrogens (tertiary/aromatic N) is 1. The Morgan fingerprint density at radius 3 is 2.38 bits per heavy atom. The summed E-state index contributed by atoms with van der Waals surface area (Å²) in [5.41, 5.74) is 4.79. The molecule has 0 saturated carbocycles. The molecule has 0 aromatic carbocycles. The molecule has 0 aliphatic carbocycles. The average Bonchev–Trinajstić information content (AvgIpc) is 2.73. The SMILES string of the molecule is NC(=O)OCCSSCCCC(=O)ON1C(=O)CCC1=O. The van der Waals surface area contributed by atoms with Crippen molar-refractivity contribution in [2.45, 2.75) is 25.7 Å². The number of amides is 3. The number of carbonyl (C=O) groups is 4. The van der Waals surface area contributed by atoms with Crippen molar-refractivity contribution >= 4 is 45.5 Å². The molecule has 1 fully saturated rings. The zero-order valence-electron chi connectivity index (χ0n) is 11.2. The third-order valence-corrected chi connectivity index (χ3v) is 4.76. The second kappa shape index (κ2) is 9.50. The molecule has 0 aromatic rings. The first kappa shape index (κ1) is 17.6. The first-order chi connectivity index (χ1) is 10.0. The molecule has 0 radical (unpaired) electrons. The van der Waals surface area contributed by atoms with E-state index < -0.39 is 23.9 Å². The van der Waals surface area contributed by atoms with Crippen LogP contribution in [-0.2, 0) is 24.0 Å². The van der Waals surface area contributed by atoms with Gasteiger partial charge in [0.05, 0.1) is 0 Å². The van der Waals surface area contributed by atoms with Gasteiger partial charge in [-0.3, -0.25) is 9.59 Å². The van der Waals surface area contributed by atoms with Crippen LogP contribution < -0.4 is 5.73 Å². The van der Waals surface area contributed by atoms with Crippen LogP contribution >= 0.6 is 21.6 Å². The summed E-state index contributed by atoms with van der Waals surface area (Å²) in [6, 6.07) is 0. The topological polar surface area (TPSA) is 116 Å². The monoisotopic (exact) mass is 336 g/mol. The summed E-state index contributed by atoms with van der Waals surface area (Å²) in [4.78, 5) is 48.9. The molecule has 1 heterocycles. The largest absolute Gasteiger partial charge is 0.449 e. The zero-order valence-corrected chi connectivity index (χ0v) is 12.9. The highest BCUT2D eigenvalue weighted by molar-refractivity contribution is 8.76. The van der Waals surface area contributed by atoms with Gasteiger partial charge in [0.2, 0.25) is 0 Å². The molecule has 0 aromatic heterocycles. The van der Waals surface area contributed by atoms with Crippen LogP contribution in [0.2, 0.25) is 0 Å². The van der Waals surface area contributed by atoms with Crippen molar-refractivity contribution in [1.82, 2.24) is 5.06 Å². The van der Waals surface area contributed by atoms with E-state index >= 15 is 0 Å². The molecule has 8 nitrogen and oxygen atoms in total. The Hall–Kier alpha value is -1.42. The maximum atomic E-state index is 11.4. The van der Waals surface area contributed by atoms with Crippen molar-refractivity contribution in [1.29, 1.82) is 0 Å². The van der Waals surface area contributed by atoms with Crippen LogP contribution in [0.25, 0.3) is 0 Å². The second-order valence-corrected chi connectivity index (χ2v) is 6.66.